The fourth-order valence-electron chi connectivity index (χ4n) is 1.05. The maximum Gasteiger partial charge on any atom is 0.226 e. The Kier molecular flexibility index (Phi) is 4.06. The summed E-state index contributed by atoms with van der Waals surface area (Å²) in [5.41, 5.74) is -0.150. The zero-order valence-electron chi connectivity index (χ0n) is 10.4. The topological polar surface area (TPSA) is 61.3 Å². The molecule has 0 aromatic carbocycles. The third-order valence-electron chi connectivity index (χ3n) is 2.22. The molecule has 0 aliphatic rings. The van der Waals surface area contributed by atoms with Gasteiger partial charge < -0.3 is 15.3 Å². The number of aliphatic hydroxyl groups is 1. The molecule has 1 rings (SSSR count). The molecule has 5 nitrogen and oxygen atoms in total. The van der Waals surface area contributed by atoms with Crippen molar-refractivity contribution in [3.05, 3.63) is 12.3 Å². The van der Waals surface area contributed by atoms with Crippen molar-refractivity contribution in [2.45, 2.75) is 13.8 Å². The minimum absolute atomic E-state index is 0.144. The van der Waals surface area contributed by atoms with Gasteiger partial charge in [0.15, 0.2) is 0 Å². The molecule has 1 heterocycles. The highest BCUT2D eigenvalue weighted by atomic mass is 16.3. The monoisotopic (exact) mass is 224 g/mol. The van der Waals surface area contributed by atoms with Crippen molar-refractivity contribution in [2.24, 2.45) is 5.41 Å². The molecule has 5 heteroatoms. The van der Waals surface area contributed by atoms with Crippen molar-refractivity contribution < 1.29 is 5.11 Å². The first-order valence-electron chi connectivity index (χ1n) is 5.30. The van der Waals surface area contributed by atoms with Crippen molar-refractivity contribution in [3.63, 3.8) is 0 Å². The molecule has 0 spiro atoms. The van der Waals surface area contributed by atoms with Crippen LogP contribution in [0, 0.1) is 5.41 Å². The zero-order valence-corrected chi connectivity index (χ0v) is 10.4. The molecular weight excluding hydrogens is 204 g/mol. The van der Waals surface area contributed by atoms with Crippen LogP contribution in [0.1, 0.15) is 13.8 Å². The van der Waals surface area contributed by atoms with E-state index >= 15 is 0 Å². The zero-order chi connectivity index (χ0) is 12.2. The van der Waals surface area contributed by atoms with Crippen LogP contribution in [0.4, 0.5) is 11.8 Å². The number of anilines is 2. The van der Waals surface area contributed by atoms with Crippen LogP contribution in [0.25, 0.3) is 0 Å². The van der Waals surface area contributed by atoms with Crippen LogP contribution in [0.15, 0.2) is 12.3 Å². The summed E-state index contributed by atoms with van der Waals surface area (Å²) in [5.74, 6) is 1.45. The highest BCUT2D eigenvalue weighted by Gasteiger charge is 2.16. The second-order valence-corrected chi connectivity index (χ2v) is 4.81. The number of nitrogens with one attached hydrogen (secondary N) is 1. The lowest BCUT2D eigenvalue weighted by Crippen LogP contribution is -2.27. The van der Waals surface area contributed by atoms with Gasteiger partial charge in [0.25, 0.3) is 0 Å². The number of hydrogen-bond acceptors (Lipinski definition) is 5. The van der Waals surface area contributed by atoms with Crippen LogP contribution >= 0.6 is 0 Å². The van der Waals surface area contributed by atoms with Crippen molar-refractivity contribution >= 4 is 11.8 Å². The first kappa shape index (κ1) is 12.7. The maximum atomic E-state index is 9.13. The number of aliphatic hydroxyl groups excluding tert-OH is 1. The van der Waals surface area contributed by atoms with Crippen molar-refractivity contribution in [1.82, 2.24) is 9.97 Å². The Morgan fingerprint density at radius 3 is 2.69 bits per heavy atom. The minimum Gasteiger partial charge on any atom is -0.396 e. The normalized spacial score (nSPS) is 11.3. The van der Waals surface area contributed by atoms with Gasteiger partial charge in [-0.3, -0.25) is 0 Å². The molecule has 0 atom stereocenters. The number of hydrogen-bond donors (Lipinski definition) is 2. The van der Waals surface area contributed by atoms with Gasteiger partial charge in [0.05, 0.1) is 0 Å². The number of nitrogens with zero attached hydrogens (tertiary/aromatic N) is 3. The molecule has 0 saturated heterocycles. The largest absolute Gasteiger partial charge is 0.396 e. The van der Waals surface area contributed by atoms with Gasteiger partial charge in [0.2, 0.25) is 5.95 Å². The van der Waals surface area contributed by atoms with Crippen LogP contribution < -0.4 is 10.2 Å². The fourth-order valence-corrected chi connectivity index (χ4v) is 1.05. The van der Waals surface area contributed by atoms with Gasteiger partial charge in [-0.05, 0) is 6.07 Å². The van der Waals surface area contributed by atoms with Gasteiger partial charge in [-0.1, -0.05) is 13.8 Å². The Balaban J connectivity index is 2.64. The summed E-state index contributed by atoms with van der Waals surface area (Å²) in [4.78, 5) is 10.3. The van der Waals surface area contributed by atoms with Crippen LogP contribution in [-0.2, 0) is 0 Å². The second-order valence-electron chi connectivity index (χ2n) is 4.81. The Morgan fingerprint density at radius 1 is 1.44 bits per heavy atom. The van der Waals surface area contributed by atoms with E-state index < -0.39 is 0 Å². The predicted molar refractivity (Wildman–Crippen MR) is 65.7 cm³/mol. The molecule has 1 aromatic rings. The fraction of sp³-hybridized carbons (Fsp3) is 0.636. The van der Waals surface area contributed by atoms with Gasteiger partial charge >= 0.3 is 0 Å². The van der Waals surface area contributed by atoms with E-state index in [1.54, 1.807) is 6.20 Å². The molecule has 2 N–H and O–H groups in total. The van der Waals surface area contributed by atoms with E-state index in [9.17, 15) is 0 Å². The summed E-state index contributed by atoms with van der Waals surface area (Å²) in [6.07, 6.45) is 1.72. The van der Waals surface area contributed by atoms with E-state index in [1.807, 2.05) is 38.9 Å². The predicted octanol–water partition coefficient (Wildman–Crippen LogP) is 0.973. The lowest BCUT2D eigenvalue weighted by atomic mass is 9.95. The van der Waals surface area contributed by atoms with E-state index in [0.29, 0.717) is 12.5 Å². The summed E-state index contributed by atoms with van der Waals surface area (Å²) in [7, 11) is 3.80. The molecule has 0 aliphatic carbocycles. The molecule has 0 amide bonds. The Hall–Kier alpha value is -1.36. The average molecular weight is 224 g/mol. The van der Waals surface area contributed by atoms with Gasteiger partial charge in [0, 0.05) is 38.9 Å². The standard InChI is InChI=1S/C11H20N4O/c1-11(2,8-16)7-13-9-5-6-12-10(14-9)15(3)4/h5-6,16H,7-8H2,1-4H3,(H,12,13,14). The summed E-state index contributed by atoms with van der Waals surface area (Å²) >= 11 is 0. The first-order chi connectivity index (χ1) is 7.44. The lowest BCUT2D eigenvalue weighted by Gasteiger charge is -2.22. The molecular formula is C11H20N4O. The van der Waals surface area contributed by atoms with Crippen LogP contribution in [0.2, 0.25) is 0 Å². The van der Waals surface area contributed by atoms with Crippen LogP contribution in [0.5, 0.6) is 0 Å². The third kappa shape index (κ3) is 3.66. The Bertz CT molecular complexity index is 339. The summed E-state index contributed by atoms with van der Waals surface area (Å²) in [5, 5.41) is 12.3. The Labute approximate surface area is 96.5 Å². The maximum absolute atomic E-state index is 9.13. The van der Waals surface area contributed by atoms with Gasteiger partial charge in [0.1, 0.15) is 5.82 Å². The van der Waals surface area contributed by atoms with Gasteiger partial charge in [-0.2, -0.15) is 4.98 Å². The van der Waals surface area contributed by atoms with E-state index in [2.05, 4.69) is 15.3 Å². The SMILES string of the molecule is CN(C)c1nccc(NCC(C)(C)CO)n1. The smallest absolute Gasteiger partial charge is 0.226 e. The van der Waals surface area contributed by atoms with Gasteiger partial charge in [-0.25, -0.2) is 4.98 Å². The lowest BCUT2D eigenvalue weighted by molar-refractivity contribution is 0.170. The first-order valence-corrected chi connectivity index (χ1v) is 5.30. The molecule has 16 heavy (non-hydrogen) atoms. The van der Waals surface area contributed by atoms with E-state index in [1.165, 1.54) is 0 Å². The third-order valence-corrected chi connectivity index (χ3v) is 2.22. The average Bonchev–Trinajstić information content (AvgIpc) is 2.27. The number of aromatic nitrogens is 2. The minimum atomic E-state index is -0.150. The molecule has 0 fully saturated rings. The molecule has 90 valence electrons. The second kappa shape index (κ2) is 5.12. The van der Waals surface area contributed by atoms with Crippen LogP contribution in [-0.4, -0.2) is 42.3 Å². The molecule has 0 bridgehead atoms. The van der Waals surface area contributed by atoms with Gasteiger partial charge in [-0.15, -0.1) is 0 Å². The quantitative estimate of drug-likeness (QED) is 0.780. The van der Waals surface area contributed by atoms with E-state index in [-0.39, 0.29) is 12.0 Å². The molecule has 0 aliphatic heterocycles. The summed E-state index contributed by atoms with van der Waals surface area (Å²) in [6.45, 7) is 4.81. The van der Waals surface area contributed by atoms with Crippen molar-refractivity contribution in [3.8, 4) is 0 Å². The van der Waals surface area contributed by atoms with E-state index in [4.69, 9.17) is 5.11 Å². The molecule has 1 aromatic heterocycles. The highest BCUT2D eigenvalue weighted by Crippen LogP contribution is 2.15. The highest BCUT2D eigenvalue weighted by molar-refractivity contribution is 5.40. The molecule has 0 radical (unpaired) electrons. The summed E-state index contributed by atoms with van der Waals surface area (Å²) in [6, 6.07) is 1.82. The summed E-state index contributed by atoms with van der Waals surface area (Å²) < 4.78 is 0. The Morgan fingerprint density at radius 2 is 2.12 bits per heavy atom. The van der Waals surface area contributed by atoms with Crippen molar-refractivity contribution in [1.29, 1.82) is 0 Å². The number of rotatable bonds is 5. The molecule has 0 unspecified atom stereocenters. The molecule has 0 saturated carbocycles. The van der Waals surface area contributed by atoms with Crippen molar-refractivity contribution in [2.75, 3.05) is 37.5 Å². The van der Waals surface area contributed by atoms with E-state index in [0.717, 1.165) is 5.82 Å². The van der Waals surface area contributed by atoms with Crippen LogP contribution in [0.3, 0.4) is 0 Å².